The summed E-state index contributed by atoms with van der Waals surface area (Å²) in [6.07, 6.45) is 4.19. The van der Waals surface area contributed by atoms with E-state index in [1.807, 2.05) is 0 Å². The Morgan fingerprint density at radius 1 is 1.45 bits per heavy atom. The third-order valence-electron chi connectivity index (χ3n) is 3.66. The number of nitrogens with two attached hydrogens (primary N) is 1. The van der Waals surface area contributed by atoms with Crippen molar-refractivity contribution in [3.8, 4) is 0 Å². The van der Waals surface area contributed by atoms with E-state index in [9.17, 15) is 14.4 Å². The molecular weight excluding hydrogens is 260 g/mol. The van der Waals surface area contributed by atoms with E-state index in [-0.39, 0.29) is 18.4 Å². The van der Waals surface area contributed by atoms with Gasteiger partial charge in [0.25, 0.3) is 5.56 Å². The van der Waals surface area contributed by atoms with Crippen LogP contribution in [0.1, 0.15) is 24.8 Å². The minimum absolute atomic E-state index is 0.000127. The van der Waals surface area contributed by atoms with Crippen molar-refractivity contribution in [2.45, 2.75) is 31.7 Å². The van der Waals surface area contributed by atoms with Gasteiger partial charge in [0.05, 0.1) is 6.42 Å². The van der Waals surface area contributed by atoms with E-state index >= 15 is 0 Å². The first-order valence-electron chi connectivity index (χ1n) is 6.80. The topological polar surface area (TPSA) is 101 Å². The van der Waals surface area contributed by atoms with Gasteiger partial charge in [-0.05, 0) is 12.8 Å². The molecule has 0 unspecified atom stereocenters. The van der Waals surface area contributed by atoms with Gasteiger partial charge in [-0.25, -0.2) is 4.79 Å². The average Bonchev–Trinajstić information content (AvgIpc) is 2.64. The average molecular weight is 280 g/mol. The normalized spacial score (nSPS) is 19.7. The number of aromatic nitrogens is 2. The second-order valence-corrected chi connectivity index (χ2v) is 5.26. The first-order chi connectivity index (χ1) is 9.49. The summed E-state index contributed by atoms with van der Waals surface area (Å²) < 4.78 is 0.969. The van der Waals surface area contributed by atoms with E-state index in [4.69, 9.17) is 5.73 Å². The van der Waals surface area contributed by atoms with Crippen LogP contribution >= 0.6 is 0 Å². The van der Waals surface area contributed by atoms with E-state index in [1.54, 1.807) is 4.90 Å². The van der Waals surface area contributed by atoms with Crippen LogP contribution in [0.5, 0.6) is 0 Å². The summed E-state index contributed by atoms with van der Waals surface area (Å²) in [5.41, 5.74) is 5.31. The molecule has 2 heterocycles. The van der Waals surface area contributed by atoms with Crippen LogP contribution in [0.3, 0.4) is 0 Å². The van der Waals surface area contributed by atoms with Crippen molar-refractivity contribution in [3.05, 3.63) is 32.6 Å². The number of hydrogen-bond donors (Lipinski definition) is 2. The van der Waals surface area contributed by atoms with Gasteiger partial charge < -0.3 is 15.6 Å². The Morgan fingerprint density at radius 2 is 2.20 bits per heavy atom. The molecule has 1 aromatic heterocycles. The Morgan fingerprint density at radius 3 is 2.95 bits per heavy atom. The number of H-pyrrole nitrogens is 1. The lowest BCUT2D eigenvalue weighted by Crippen LogP contribution is -2.42. The van der Waals surface area contributed by atoms with Crippen molar-refractivity contribution >= 4 is 5.91 Å². The largest absolute Gasteiger partial charge is 0.341 e. The van der Waals surface area contributed by atoms with Crippen LogP contribution in [0.2, 0.25) is 0 Å². The van der Waals surface area contributed by atoms with E-state index < -0.39 is 11.2 Å². The number of amides is 1. The summed E-state index contributed by atoms with van der Waals surface area (Å²) in [4.78, 5) is 39.6. The summed E-state index contributed by atoms with van der Waals surface area (Å²) >= 11 is 0. The molecule has 1 amide bonds. The maximum atomic E-state index is 12.2. The van der Waals surface area contributed by atoms with E-state index in [0.29, 0.717) is 18.7 Å². The smallest absolute Gasteiger partial charge is 0.328 e. The number of nitrogens with zero attached hydrogens (tertiary/aromatic N) is 2. The highest BCUT2D eigenvalue weighted by Gasteiger charge is 2.21. The first kappa shape index (κ1) is 14.5. The predicted octanol–water partition coefficient (Wildman–Crippen LogP) is -1.04. The standard InChI is InChI=1S/C13H20N4O3/c1-16-12(19)9(7-15-13(16)20)6-11(18)17-5-3-2-4-10(14)8-17/h7,10H,2-6,8,14H2,1H3,(H,15,20)/t10-/m1/s1. The lowest BCUT2D eigenvalue weighted by atomic mass is 10.1. The molecule has 0 bridgehead atoms. The van der Waals surface area contributed by atoms with Crippen LogP contribution in [0.15, 0.2) is 15.8 Å². The van der Waals surface area contributed by atoms with Crippen LogP contribution < -0.4 is 17.0 Å². The van der Waals surface area contributed by atoms with Gasteiger partial charge >= 0.3 is 5.69 Å². The third kappa shape index (κ3) is 3.16. The zero-order valence-corrected chi connectivity index (χ0v) is 11.6. The molecule has 7 nitrogen and oxygen atoms in total. The van der Waals surface area contributed by atoms with Crippen molar-refractivity contribution in [1.29, 1.82) is 0 Å². The molecular formula is C13H20N4O3. The monoisotopic (exact) mass is 280 g/mol. The maximum Gasteiger partial charge on any atom is 0.328 e. The van der Waals surface area contributed by atoms with Gasteiger partial charge in [0.1, 0.15) is 0 Å². The lowest BCUT2D eigenvalue weighted by Gasteiger charge is -2.22. The summed E-state index contributed by atoms with van der Waals surface area (Å²) in [6, 6.07) is -0.000127. The molecule has 1 saturated heterocycles. The van der Waals surface area contributed by atoms with Crippen molar-refractivity contribution in [2.75, 3.05) is 13.1 Å². The molecule has 20 heavy (non-hydrogen) atoms. The quantitative estimate of drug-likeness (QED) is 0.722. The first-order valence-corrected chi connectivity index (χ1v) is 6.80. The molecule has 1 aliphatic rings. The molecule has 1 atom stereocenters. The summed E-state index contributed by atoms with van der Waals surface area (Å²) in [5, 5.41) is 0. The van der Waals surface area contributed by atoms with Crippen molar-refractivity contribution in [2.24, 2.45) is 12.8 Å². The van der Waals surface area contributed by atoms with Crippen molar-refractivity contribution < 1.29 is 4.79 Å². The molecule has 3 N–H and O–H groups in total. The third-order valence-corrected chi connectivity index (χ3v) is 3.66. The molecule has 0 spiro atoms. The number of nitrogens with one attached hydrogen (secondary N) is 1. The fourth-order valence-electron chi connectivity index (χ4n) is 2.42. The highest BCUT2D eigenvalue weighted by molar-refractivity contribution is 5.78. The number of rotatable bonds is 2. The second-order valence-electron chi connectivity index (χ2n) is 5.26. The molecule has 110 valence electrons. The van der Waals surface area contributed by atoms with Crippen LogP contribution in [-0.4, -0.2) is 39.5 Å². The molecule has 1 aromatic rings. The SMILES string of the molecule is Cn1c(=O)[nH]cc(CC(=O)N2CCCC[C@@H](N)C2)c1=O. The van der Waals surface area contributed by atoms with Gasteiger partial charge in [-0.1, -0.05) is 6.42 Å². The van der Waals surface area contributed by atoms with Crippen LogP contribution in [0.4, 0.5) is 0 Å². The zero-order valence-electron chi connectivity index (χ0n) is 11.6. The highest BCUT2D eigenvalue weighted by atomic mass is 16.2. The number of hydrogen-bond acceptors (Lipinski definition) is 4. The Labute approximate surface area is 116 Å². The molecule has 1 fully saturated rings. The molecule has 1 aliphatic heterocycles. The van der Waals surface area contributed by atoms with Crippen molar-refractivity contribution in [3.63, 3.8) is 0 Å². The fraction of sp³-hybridized carbons (Fsp3) is 0.615. The number of carbonyl (C=O) groups excluding carboxylic acids is 1. The minimum Gasteiger partial charge on any atom is -0.341 e. The number of carbonyl (C=O) groups is 1. The maximum absolute atomic E-state index is 12.2. The summed E-state index contributed by atoms with van der Waals surface area (Å²) in [6.45, 7) is 1.21. The van der Waals surface area contributed by atoms with Crippen LogP contribution in [-0.2, 0) is 18.3 Å². The summed E-state index contributed by atoms with van der Waals surface area (Å²) in [5.74, 6) is -0.119. The Bertz CT molecular complexity index is 604. The Balaban J connectivity index is 2.13. The second kappa shape index (κ2) is 6.04. The number of aromatic amines is 1. The summed E-state index contributed by atoms with van der Waals surface area (Å²) in [7, 11) is 1.39. The molecule has 7 heteroatoms. The molecule has 0 aromatic carbocycles. The Hall–Kier alpha value is -1.89. The predicted molar refractivity (Wildman–Crippen MR) is 74.4 cm³/mol. The van der Waals surface area contributed by atoms with Gasteiger partial charge in [-0.2, -0.15) is 0 Å². The Kier molecular flexibility index (Phi) is 4.39. The number of likely N-dealkylation sites (tertiary alicyclic amines) is 1. The van der Waals surface area contributed by atoms with Gasteiger partial charge in [-0.15, -0.1) is 0 Å². The lowest BCUT2D eigenvalue weighted by molar-refractivity contribution is -0.130. The van der Waals surface area contributed by atoms with Crippen LogP contribution in [0, 0.1) is 0 Å². The van der Waals surface area contributed by atoms with Gasteiger partial charge in [0, 0.05) is 37.9 Å². The van der Waals surface area contributed by atoms with E-state index in [0.717, 1.165) is 23.8 Å². The molecule has 0 saturated carbocycles. The van der Waals surface area contributed by atoms with Gasteiger partial charge in [0.2, 0.25) is 5.91 Å². The molecule has 2 rings (SSSR count). The van der Waals surface area contributed by atoms with Crippen molar-refractivity contribution in [1.82, 2.24) is 14.5 Å². The van der Waals surface area contributed by atoms with Gasteiger partial charge in [0.15, 0.2) is 0 Å². The van der Waals surface area contributed by atoms with E-state index in [1.165, 1.54) is 13.2 Å². The highest BCUT2D eigenvalue weighted by Crippen LogP contribution is 2.10. The fourth-order valence-corrected chi connectivity index (χ4v) is 2.42. The minimum atomic E-state index is -0.483. The van der Waals surface area contributed by atoms with E-state index in [2.05, 4.69) is 4.98 Å². The van der Waals surface area contributed by atoms with Gasteiger partial charge in [-0.3, -0.25) is 14.2 Å². The molecule has 0 radical (unpaired) electrons. The van der Waals surface area contributed by atoms with Crippen LogP contribution in [0.25, 0.3) is 0 Å². The zero-order chi connectivity index (χ0) is 14.7. The molecule has 0 aliphatic carbocycles.